The molecular weight excluding hydrogens is 300 g/mol. The van der Waals surface area contributed by atoms with Gasteiger partial charge < -0.3 is 10.1 Å². The van der Waals surface area contributed by atoms with Gasteiger partial charge in [0.15, 0.2) is 0 Å². The van der Waals surface area contributed by atoms with Crippen molar-refractivity contribution in [3.63, 3.8) is 0 Å². The molecule has 1 aromatic carbocycles. The van der Waals surface area contributed by atoms with E-state index in [1.54, 1.807) is 18.4 Å². The maximum atomic E-state index is 13.7. The maximum Gasteiger partial charge on any atom is 0.340 e. The van der Waals surface area contributed by atoms with E-state index in [-0.39, 0.29) is 5.69 Å². The van der Waals surface area contributed by atoms with Gasteiger partial charge in [0.25, 0.3) is 5.91 Å². The van der Waals surface area contributed by atoms with Crippen molar-refractivity contribution in [2.45, 2.75) is 6.92 Å². The Morgan fingerprint density at radius 3 is 2.52 bits per heavy atom. The fraction of sp³-hybridized carbons (Fsp3) is 0.143. The van der Waals surface area contributed by atoms with Crippen molar-refractivity contribution in [1.82, 2.24) is 0 Å². The number of aryl methyl sites for hydroxylation is 1. The molecule has 0 fully saturated rings. The fourth-order valence-corrected chi connectivity index (χ4v) is 2.52. The number of rotatable bonds is 3. The lowest BCUT2D eigenvalue weighted by atomic mass is 10.1. The summed E-state index contributed by atoms with van der Waals surface area (Å²) in [5.74, 6) is -3.49. The van der Waals surface area contributed by atoms with Gasteiger partial charge in [-0.2, -0.15) is 0 Å². The van der Waals surface area contributed by atoms with Crippen LogP contribution in [0.15, 0.2) is 23.6 Å². The molecule has 0 aliphatic rings. The summed E-state index contributed by atoms with van der Waals surface area (Å²) < 4.78 is 31.6. The number of halogens is 2. The van der Waals surface area contributed by atoms with Crippen molar-refractivity contribution in [2.24, 2.45) is 0 Å². The molecule has 0 unspecified atom stereocenters. The predicted octanol–water partition coefficient (Wildman–Crippen LogP) is 3.37. The Morgan fingerprint density at radius 2 is 1.95 bits per heavy atom. The van der Waals surface area contributed by atoms with E-state index < -0.39 is 29.1 Å². The van der Waals surface area contributed by atoms with Gasteiger partial charge in [-0.25, -0.2) is 13.6 Å². The number of ether oxygens (including phenoxy) is 1. The number of esters is 1. The van der Waals surface area contributed by atoms with Crippen LogP contribution >= 0.6 is 11.3 Å². The Balaban J connectivity index is 2.34. The number of hydrogen-bond donors (Lipinski definition) is 1. The van der Waals surface area contributed by atoms with Gasteiger partial charge in [0.1, 0.15) is 11.6 Å². The molecule has 0 radical (unpaired) electrons. The third kappa shape index (κ3) is 3.08. The van der Waals surface area contributed by atoms with E-state index in [9.17, 15) is 18.4 Å². The lowest BCUT2D eigenvalue weighted by Crippen LogP contribution is -2.14. The summed E-state index contributed by atoms with van der Waals surface area (Å²) in [7, 11) is 1.08. The average molecular weight is 311 g/mol. The first-order valence-corrected chi connectivity index (χ1v) is 6.74. The first kappa shape index (κ1) is 15.1. The average Bonchev–Trinajstić information content (AvgIpc) is 2.87. The summed E-state index contributed by atoms with van der Waals surface area (Å²) in [6, 6.07) is 3.20. The fourth-order valence-electron chi connectivity index (χ4n) is 1.70. The van der Waals surface area contributed by atoms with Crippen LogP contribution in [0.1, 0.15) is 25.6 Å². The predicted molar refractivity (Wildman–Crippen MR) is 74.7 cm³/mol. The molecule has 1 heterocycles. The van der Waals surface area contributed by atoms with E-state index in [4.69, 9.17) is 0 Å². The maximum absolute atomic E-state index is 13.7. The number of benzene rings is 1. The van der Waals surface area contributed by atoms with Crippen LogP contribution in [0.4, 0.5) is 14.5 Å². The van der Waals surface area contributed by atoms with E-state index in [0.717, 1.165) is 18.7 Å². The third-order valence-electron chi connectivity index (χ3n) is 2.78. The number of nitrogens with one attached hydrogen (secondary N) is 1. The van der Waals surface area contributed by atoms with Crippen LogP contribution < -0.4 is 5.32 Å². The molecule has 1 N–H and O–H groups in total. The van der Waals surface area contributed by atoms with E-state index in [2.05, 4.69) is 10.1 Å². The van der Waals surface area contributed by atoms with Gasteiger partial charge in [-0.05, 0) is 30.0 Å². The van der Waals surface area contributed by atoms with Crippen LogP contribution in [0.25, 0.3) is 0 Å². The molecule has 1 aromatic heterocycles. The van der Waals surface area contributed by atoms with Gasteiger partial charge in [-0.15, -0.1) is 11.3 Å². The number of carbonyl (C=O) groups is 2. The van der Waals surface area contributed by atoms with Gasteiger partial charge in [-0.3, -0.25) is 4.79 Å². The van der Waals surface area contributed by atoms with Crippen molar-refractivity contribution in [3.05, 3.63) is 51.2 Å². The summed E-state index contributed by atoms with van der Waals surface area (Å²) in [5.41, 5.74) is 0.0138. The molecule has 110 valence electrons. The van der Waals surface area contributed by atoms with Gasteiger partial charge in [-0.1, -0.05) is 0 Å². The topological polar surface area (TPSA) is 55.4 Å². The summed E-state index contributed by atoms with van der Waals surface area (Å²) >= 11 is 1.20. The number of hydrogen-bond acceptors (Lipinski definition) is 4. The van der Waals surface area contributed by atoms with Crippen LogP contribution in [0, 0.1) is 18.6 Å². The Morgan fingerprint density at radius 1 is 1.24 bits per heavy atom. The highest BCUT2D eigenvalue weighted by Gasteiger charge is 2.19. The molecule has 1 amide bonds. The summed E-state index contributed by atoms with van der Waals surface area (Å²) in [6.45, 7) is 1.74. The molecule has 0 atom stereocenters. The van der Waals surface area contributed by atoms with Crippen molar-refractivity contribution >= 4 is 28.9 Å². The molecule has 0 saturated carbocycles. The van der Waals surface area contributed by atoms with Crippen LogP contribution in [0.3, 0.4) is 0 Å². The summed E-state index contributed by atoms with van der Waals surface area (Å²) in [6.07, 6.45) is 0. The molecule has 2 rings (SSSR count). The molecule has 0 aliphatic heterocycles. The van der Waals surface area contributed by atoms with Crippen molar-refractivity contribution < 1.29 is 23.1 Å². The minimum Gasteiger partial charge on any atom is -0.465 e. The van der Waals surface area contributed by atoms with E-state index in [0.29, 0.717) is 10.9 Å². The Labute approximate surface area is 123 Å². The zero-order valence-electron chi connectivity index (χ0n) is 11.2. The van der Waals surface area contributed by atoms with Crippen molar-refractivity contribution in [2.75, 3.05) is 12.4 Å². The zero-order chi connectivity index (χ0) is 15.6. The molecule has 0 aliphatic carbocycles. The molecular formula is C14H11F2NO3S. The largest absolute Gasteiger partial charge is 0.465 e. The highest BCUT2D eigenvalue weighted by Crippen LogP contribution is 2.23. The number of amides is 1. The Bertz CT molecular complexity index is 712. The normalized spacial score (nSPS) is 10.3. The van der Waals surface area contributed by atoms with Crippen molar-refractivity contribution in [3.8, 4) is 0 Å². The number of carbonyl (C=O) groups excluding carboxylic acids is 2. The SMILES string of the molecule is COC(=O)c1cc(NC(=O)c2sccc2C)c(F)cc1F. The summed E-state index contributed by atoms with van der Waals surface area (Å²) in [5, 5.41) is 4.05. The van der Waals surface area contributed by atoms with Crippen LogP contribution in [0.2, 0.25) is 0 Å². The second kappa shape index (κ2) is 6.01. The number of methoxy groups -OCH3 is 1. The van der Waals surface area contributed by atoms with Crippen LogP contribution in [-0.2, 0) is 4.74 Å². The lowest BCUT2D eigenvalue weighted by molar-refractivity contribution is 0.0595. The van der Waals surface area contributed by atoms with Gasteiger partial charge in [0.2, 0.25) is 0 Å². The molecule has 0 bridgehead atoms. The minimum atomic E-state index is -1.05. The molecule has 0 saturated heterocycles. The third-order valence-corrected chi connectivity index (χ3v) is 3.79. The quantitative estimate of drug-likeness (QED) is 0.884. The smallest absolute Gasteiger partial charge is 0.340 e. The first-order valence-electron chi connectivity index (χ1n) is 5.87. The van der Waals surface area contributed by atoms with Gasteiger partial charge in [0.05, 0.1) is 23.2 Å². The molecule has 7 heteroatoms. The second-order valence-electron chi connectivity index (χ2n) is 4.19. The Hall–Kier alpha value is -2.28. The van der Waals surface area contributed by atoms with Gasteiger partial charge in [0, 0.05) is 6.07 Å². The molecule has 4 nitrogen and oxygen atoms in total. The van der Waals surface area contributed by atoms with Gasteiger partial charge >= 0.3 is 5.97 Å². The van der Waals surface area contributed by atoms with Crippen molar-refractivity contribution in [1.29, 1.82) is 0 Å². The molecule has 21 heavy (non-hydrogen) atoms. The van der Waals surface area contributed by atoms with E-state index in [1.165, 1.54) is 11.3 Å². The highest BCUT2D eigenvalue weighted by atomic mass is 32.1. The molecule has 2 aromatic rings. The second-order valence-corrected chi connectivity index (χ2v) is 5.11. The zero-order valence-corrected chi connectivity index (χ0v) is 12.0. The highest BCUT2D eigenvalue weighted by molar-refractivity contribution is 7.12. The first-order chi connectivity index (χ1) is 9.93. The Kier molecular flexibility index (Phi) is 4.32. The van der Waals surface area contributed by atoms with Crippen LogP contribution in [0.5, 0.6) is 0 Å². The molecule has 0 spiro atoms. The monoisotopic (exact) mass is 311 g/mol. The van der Waals surface area contributed by atoms with Crippen LogP contribution in [-0.4, -0.2) is 19.0 Å². The standard InChI is InChI=1S/C14H11F2NO3S/c1-7-3-4-21-12(7)13(18)17-11-5-8(14(19)20-2)9(15)6-10(11)16/h3-6H,1-2H3,(H,17,18). The summed E-state index contributed by atoms with van der Waals surface area (Å²) in [4.78, 5) is 23.8. The number of thiophene rings is 1. The number of anilines is 1. The van der Waals surface area contributed by atoms with E-state index >= 15 is 0 Å². The lowest BCUT2D eigenvalue weighted by Gasteiger charge is -2.09. The minimum absolute atomic E-state index is 0.283. The van der Waals surface area contributed by atoms with E-state index in [1.807, 2.05) is 0 Å².